The number of para-hydroxylation sites is 1. The lowest BCUT2D eigenvalue weighted by Crippen LogP contribution is -2.50. The van der Waals surface area contributed by atoms with E-state index < -0.39 is 35.7 Å². The zero-order valence-corrected chi connectivity index (χ0v) is 20.2. The van der Waals surface area contributed by atoms with Crippen molar-refractivity contribution in [1.82, 2.24) is 10.2 Å². The predicted octanol–water partition coefficient (Wildman–Crippen LogP) is 4.44. The van der Waals surface area contributed by atoms with Crippen LogP contribution in [0.1, 0.15) is 50.4 Å². The minimum Gasteiger partial charge on any atom is -0.339 e. The molecule has 1 heterocycles. The van der Waals surface area contributed by atoms with E-state index in [9.17, 15) is 19.2 Å². The smallest absolute Gasteiger partial charge is 0.262 e. The van der Waals surface area contributed by atoms with E-state index in [1.54, 1.807) is 48.5 Å². The number of aryl methyl sites for hydroxylation is 2. The summed E-state index contributed by atoms with van der Waals surface area (Å²) in [6.07, 6.45) is 0. The highest BCUT2D eigenvalue weighted by Crippen LogP contribution is 2.26. The summed E-state index contributed by atoms with van der Waals surface area (Å²) in [4.78, 5) is 53.2. The first-order chi connectivity index (χ1) is 16.7. The molecule has 0 saturated heterocycles. The molecule has 0 aromatic heterocycles. The van der Waals surface area contributed by atoms with Gasteiger partial charge in [-0.3, -0.25) is 24.1 Å². The summed E-state index contributed by atoms with van der Waals surface area (Å²) in [5.41, 5.74) is 3.40. The molecule has 4 amide bonds. The number of nitrogens with one attached hydrogen (secondary N) is 2. The van der Waals surface area contributed by atoms with Crippen molar-refractivity contribution in [3.63, 3.8) is 0 Å². The molecular weight excluding hydrogens is 466 g/mol. The Kier molecular flexibility index (Phi) is 6.71. The maximum atomic E-state index is 13.4. The van der Waals surface area contributed by atoms with Crippen LogP contribution in [0, 0.1) is 13.8 Å². The van der Waals surface area contributed by atoms with Crippen molar-refractivity contribution in [2.45, 2.75) is 32.9 Å². The summed E-state index contributed by atoms with van der Waals surface area (Å²) in [7, 11) is 0. The van der Waals surface area contributed by atoms with Crippen LogP contribution < -0.4 is 10.6 Å². The van der Waals surface area contributed by atoms with Crippen molar-refractivity contribution in [3.8, 4) is 0 Å². The Labute approximate surface area is 208 Å². The van der Waals surface area contributed by atoms with Gasteiger partial charge in [0.05, 0.1) is 11.1 Å². The molecule has 0 unspecified atom stereocenters. The Morgan fingerprint density at radius 3 is 1.89 bits per heavy atom. The number of nitrogens with zero attached hydrogens (tertiary/aromatic N) is 1. The molecule has 0 aliphatic carbocycles. The number of fused-ring (bicyclic) bond motifs is 1. The number of rotatable bonds is 6. The van der Waals surface area contributed by atoms with Crippen LogP contribution in [0.15, 0.2) is 66.7 Å². The van der Waals surface area contributed by atoms with Crippen molar-refractivity contribution >= 4 is 40.9 Å². The fourth-order valence-electron chi connectivity index (χ4n) is 4.10. The molecule has 2 N–H and O–H groups in total. The number of carbonyl (C=O) groups is 4. The SMILES string of the molecule is Cc1cccc(C)c1NC(=O)[C@@H](NC(=O)[C@@H](C)N1C(=O)c2ccccc2C1=O)c1ccc(Cl)cc1. The molecule has 0 spiro atoms. The van der Waals surface area contributed by atoms with E-state index in [0.717, 1.165) is 16.0 Å². The second-order valence-electron chi connectivity index (χ2n) is 8.45. The van der Waals surface area contributed by atoms with Crippen LogP contribution in [-0.4, -0.2) is 34.6 Å². The summed E-state index contributed by atoms with van der Waals surface area (Å²) in [6, 6.07) is 16.4. The third kappa shape index (κ3) is 4.68. The molecule has 0 fully saturated rings. The van der Waals surface area contributed by atoms with Crippen LogP contribution in [-0.2, 0) is 9.59 Å². The van der Waals surface area contributed by atoms with Crippen LogP contribution in [0.25, 0.3) is 0 Å². The largest absolute Gasteiger partial charge is 0.339 e. The van der Waals surface area contributed by atoms with Crippen molar-refractivity contribution in [2.75, 3.05) is 5.32 Å². The maximum Gasteiger partial charge on any atom is 0.262 e. The summed E-state index contributed by atoms with van der Waals surface area (Å²) in [5.74, 6) is -2.20. The molecule has 2 atom stereocenters. The minimum atomic E-state index is -1.13. The normalized spacial score (nSPS) is 14.3. The predicted molar refractivity (Wildman–Crippen MR) is 133 cm³/mol. The van der Waals surface area contributed by atoms with E-state index in [4.69, 9.17) is 11.6 Å². The Balaban J connectivity index is 1.60. The van der Waals surface area contributed by atoms with Gasteiger partial charge in [0.1, 0.15) is 12.1 Å². The highest BCUT2D eigenvalue weighted by Gasteiger charge is 2.41. The Morgan fingerprint density at radius 1 is 0.800 bits per heavy atom. The first-order valence-electron chi connectivity index (χ1n) is 11.1. The van der Waals surface area contributed by atoms with Crippen molar-refractivity contribution < 1.29 is 19.2 Å². The lowest BCUT2D eigenvalue weighted by Gasteiger charge is -2.25. The van der Waals surface area contributed by atoms with Crippen LogP contribution in [0.5, 0.6) is 0 Å². The average Bonchev–Trinajstić information content (AvgIpc) is 3.10. The Hall–Kier alpha value is -3.97. The number of hydrogen-bond acceptors (Lipinski definition) is 4. The lowest BCUT2D eigenvalue weighted by molar-refractivity contribution is -0.129. The molecular formula is C27H24ClN3O4. The van der Waals surface area contributed by atoms with E-state index in [1.807, 2.05) is 32.0 Å². The molecule has 0 radical (unpaired) electrons. The summed E-state index contributed by atoms with van der Waals surface area (Å²) < 4.78 is 0. The first kappa shape index (κ1) is 24.2. The number of amides is 4. The van der Waals surface area contributed by atoms with Crippen LogP contribution in [0.2, 0.25) is 5.02 Å². The van der Waals surface area contributed by atoms with Crippen molar-refractivity contribution in [2.24, 2.45) is 0 Å². The van der Waals surface area contributed by atoms with Crippen molar-refractivity contribution in [3.05, 3.63) is 99.6 Å². The molecule has 1 aliphatic heterocycles. The molecule has 35 heavy (non-hydrogen) atoms. The molecule has 8 heteroatoms. The van der Waals surface area contributed by atoms with Gasteiger partial charge in [-0.2, -0.15) is 0 Å². The molecule has 178 valence electrons. The molecule has 0 bridgehead atoms. The van der Waals surface area contributed by atoms with Crippen LogP contribution in [0.3, 0.4) is 0 Å². The number of carbonyl (C=O) groups excluding carboxylic acids is 4. The third-order valence-electron chi connectivity index (χ3n) is 6.07. The molecule has 0 saturated carbocycles. The molecule has 3 aromatic carbocycles. The monoisotopic (exact) mass is 489 g/mol. The van der Waals surface area contributed by atoms with E-state index in [2.05, 4.69) is 10.6 Å². The average molecular weight is 490 g/mol. The van der Waals surface area contributed by atoms with Gasteiger partial charge in [-0.15, -0.1) is 0 Å². The number of anilines is 1. The number of hydrogen-bond donors (Lipinski definition) is 2. The van der Waals surface area contributed by atoms with Crippen molar-refractivity contribution in [1.29, 1.82) is 0 Å². The second kappa shape index (κ2) is 9.72. The quantitative estimate of drug-likeness (QED) is 0.500. The van der Waals surface area contributed by atoms with Gasteiger partial charge in [-0.05, 0) is 61.7 Å². The topological polar surface area (TPSA) is 95.6 Å². The van der Waals surface area contributed by atoms with Gasteiger partial charge in [-0.25, -0.2) is 0 Å². The molecule has 1 aliphatic rings. The minimum absolute atomic E-state index is 0.249. The van der Waals surface area contributed by atoms with Gasteiger partial charge >= 0.3 is 0 Å². The fraction of sp³-hybridized carbons (Fsp3) is 0.185. The van der Waals surface area contributed by atoms with Gasteiger partial charge in [-0.1, -0.05) is 54.1 Å². The second-order valence-corrected chi connectivity index (χ2v) is 8.89. The molecule has 7 nitrogen and oxygen atoms in total. The van der Waals surface area contributed by atoms with Gasteiger partial charge < -0.3 is 10.6 Å². The van der Waals surface area contributed by atoms with Gasteiger partial charge in [0.2, 0.25) is 5.91 Å². The summed E-state index contributed by atoms with van der Waals surface area (Å²) in [5, 5.41) is 6.10. The Morgan fingerprint density at radius 2 is 1.34 bits per heavy atom. The van der Waals surface area contributed by atoms with Crippen LogP contribution >= 0.6 is 11.6 Å². The zero-order chi connectivity index (χ0) is 25.3. The van der Waals surface area contributed by atoms with Gasteiger partial charge in [0, 0.05) is 10.7 Å². The van der Waals surface area contributed by atoms with Gasteiger partial charge in [0.25, 0.3) is 17.7 Å². The first-order valence-corrected chi connectivity index (χ1v) is 11.5. The van der Waals surface area contributed by atoms with Gasteiger partial charge in [0.15, 0.2) is 0 Å². The van der Waals surface area contributed by atoms with E-state index >= 15 is 0 Å². The van der Waals surface area contributed by atoms with E-state index in [0.29, 0.717) is 16.3 Å². The summed E-state index contributed by atoms with van der Waals surface area (Å²) in [6.45, 7) is 5.21. The number of halogens is 1. The van der Waals surface area contributed by atoms with E-state index in [-0.39, 0.29) is 11.1 Å². The zero-order valence-electron chi connectivity index (χ0n) is 19.5. The number of benzene rings is 3. The molecule has 4 rings (SSSR count). The fourth-order valence-corrected chi connectivity index (χ4v) is 4.23. The highest BCUT2D eigenvalue weighted by molar-refractivity contribution is 6.30. The van der Waals surface area contributed by atoms with Crippen LogP contribution in [0.4, 0.5) is 5.69 Å². The number of imide groups is 1. The molecule has 3 aromatic rings. The summed E-state index contributed by atoms with van der Waals surface area (Å²) >= 11 is 6.02. The standard InChI is InChI=1S/C27H24ClN3O4/c1-15-7-6-8-16(2)22(15)29-25(33)23(18-11-13-19(28)14-12-18)30-24(32)17(3)31-26(34)20-9-4-5-10-21(20)27(31)35/h4-14,17,23H,1-3H3,(H,29,33)(H,30,32)/t17-,23+/m1/s1. The van der Waals surface area contributed by atoms with E-state index in [1.165, 1.54) is 6.92 Å². The highest BCUT2D eigenvalue weighted by atomic mass is 35.5. The lowest BCUT2D eigenvalue weighted by atomic mass is 10.0. The third-order valence-corrected chi connectivity index (χ3v) is 6.33. The Bertz CT molecular complexity index is 1280. The maximum absolute atomic E-state index is 13.4.